The van der Waals surface area contributed by atoms with Crippen LogP contribution in [-0.2, 0) is 25.1 Å². The van der Waals surface area contributed by atoms with Crippen LogP contribution in [0.4, 0.5) is 9.59 Å². The molecule has 31 heavy (non-hydrogen) atoms. The molecule has 1 aromatic rings. The van der Waals surface area contributed by atoms with Crippen molar-refractivity contribution in [1.82, 2.24) is 14.3 Å². The average molecular weight is 456 g/mol. The smallest absolute Gasteiger partial charge is 0.422 e. The van der Waals surface area contributed by atoms with Gasteiger partial charge in [-0.1, -0.05) is 30.3 Å². The molecule has 1 aromatic carbocycles. The molecule has 1 saturated heterocycles. The van der Waals surface area contributed by atoms with Gasteiger partial charge in [0.2, 0.25) is 0 Å². The quantitative estimate of drug-likeness (QED) is 0.682. The molecule has 10 heteroatoms. The van der Waals surface area contributed by atoms with Gasteiger partial charge in [0.05, 0.1) is 0 Å². The van der Waals surface area contributed by atoms with Crippen molar-refractivity contribution in [3.63, 3.8) is 0 Å². The van der Waals surface area contributed by atoms with E-state index in [1.807, 2.05) is 55.8 Å². The number of rotatable bonds is 6. The van der Waals surface area contributed by atoms with E-state index < -0.39 is 39.0 Å². The standard InChI is InChI=1S/C21H33N3O6S/c1-19(2,3)29-17(25)23-31(27,28)22-13-12-21(16-10-8-7-9-11-16)14-24(15-21)18(26)30-20(4,5)6/h7-11,22H,12-15H2,1-6H3,(H,23,25). The van der Waals surface area contributed by atoms with Crippen molar-refractivity contribution in [2.24, 2.45) is 0 Å². The molecule has 2 N–H and O–H groups in total. The molecule has 9 nitrogen and oxygen atoms in total. The number of nitrogens with zero attached hydrogens (tertiary/aromatic N) is 1. The molecule has 1 heterocycles. The summed E-state index contributed by atoms with van der Waals surface area (Å²) in [5, 5.41) is 0. The molecule has 0 bridgehead atoms. The van der Waals surface area contributed by atoms with E-state index in [-0.39, 0.29) is 6.54 Å². The molecule has 0 spiro atoms. The van der Waals surface area contributed by atoms with Crippen molar-refractivity contribution in [1.29, 1.82) is 0 Å². The summed E-state index contributed by atoms with van der Waals surface area (Å²) in [6.45, 7) is 11.2. The van der Waals surface area contributed by atoms with Gasteiger partial charge >= 0.3 is 22.4 Å². The van der Waals surface area contributed by atoms with E-state index in [4.69, 9.17) is 9.47 Å². The van der Waals surface area contributed by atoms with Crippen LogP contribution in [0, 0.1) is 0 Å². The van der Waals surface area contributed by atoms with E-state index in [0.717, 1.165) is 5.56 Å². The number of nitrogens with one attached hydrogen (secondary N) is 2. The predicted molar refractivity (Wildman–Crippen MR) is 117 cm³/mol. The van der Waals surface area contributed by atoms with Gasteiger partial charge in [0.1, 0.15) is 11.2 Å². The fourth-order valence-corrected chi connectivity index (χ4v) is 3.99. The molecule has 2 amide bonds. The van der Waals surface area contributed by atoms with Crippen LogP contribution in [0.2, 0.25) is 0 Å². The first kappa shape index (κ1) is 24.9. The lowest BCUT2D eigenvalue weighted by Crippen LogP contribution is -2.62. The van der Waals surface area contributed by atoms with Crippen LogP contribution < -0.4 is 9.44 Å². The molecule has 1 aliphatic heterocycles. The van der Waals surface area contributed by atoms with Gasteiger partial charge in [0, 0.05) is 25.0 Å². The summed E-state index contributed by atoms with van der Waals surface area (Å²) in [6, 6.07) is 9.62. The lowest BCUT2D eigenvalue weighted by molar-refractivity contribution is -0.0115. The van der Waals surface area contributed by atoms with Crippen molar-refractivity contribution in [2.45, 2.75) is 64.6 Å². The first-order chi connectivity index (χ1) is 14.1. The van der Waals surface area contributed by atoms with E-state index in [9.17, 15) is 18.0 Å². The minimum atomic E-state index is -4.08. The lowest BCUT2D eigenvalue weighted by atomic mass is 9.71. The molecule has 1 aliphatic rings. The minimum absolute atomic E-state index is 0.0786. The molecular formula is C21H33N3O6S. The highest BCUT2D eigenvalue weighted by Gasteiger charge is 2.47. The fourth-order valence-electron chi connectivity index (χ4n) is 3.29. The highest BCUT2D eigenvalue weighted by molar-refractivity contribution is 7.88. The van der Waals surface area contributed by atoms with Crippen LogP contribution in [0.5, 0.6) is 0 Å². The molecule has 1 fully saturated rings. The van der Waals surface area contributed by atoms with Crippen molar-refractivity contribution < 1.29 is 27.5 Å². The minimum Gasteiger partial charge on any atom is -0.444 e. The first-order valence-electron chi connectivity index (χ1n) is 10.1. The van der Waals surface area contributed by atoms with Gasteiger partial charge in [-0.15, -0.1) is 0 Å². The molecule has 0 unspecified atom stereocenters. The highest BCUT2D eigenvalue weighted by Crippen LogP contribution is 2.38. The van der Waals surface area contributed by atoms with E-state index >= 15 is 0 Å². The molecule has 174 valence electrons. The van der Waals surface area contributed by atoms with Gasteiger partial charge in [-0.3, -0.25) is 0 Å². The Hall–Kier alpha value is -2.33. The third-order valence-corrected chi connectivity index (χ3v) is 5.56. The highest BCUT2D eigenvalue weighted by atomic mass is 32.2. The van der Waals surface area contributed by atoms with Crippen molar-refractivity contribution in [3.05, 3.63) is 35.9 Å². The summed E-state index contributed by atoms with van der Waals surface area (Å²) in [4.78, 5) is 25.7. The Labute approximate surface area is 184 Å². The molecule has 0 aromatic heterocycles. The summed E-state index contributed by atoms with van der Waals surface area (Å²) in [5.74, 6) is 0. The molecule has 0 aliphatic carbocycles. The van der Waals surface area contributed by atoms with Gasteiger partial charge in [-0.25, -0.2) is 14.3 Å². The zero-order chi connectivity index (χ0) is 23.5. The summed E-state index contributed by atoms with van der Waals surface area (Å²) in [7, 11) is -4.08. The van der Waals surface area contributed by atoms with E-state index in [1.165, 1.54) is 0 Å². The second-order valence-electron chi connectivity index (χ2n) is 9.73. The van der Waals surface area contributed by atoms with Crippen LogP contribution in [0.1, 0.15) is 53.5 Å². The van der Waals surface area contributed by atoms with Crippen molar-refractivity contribution in [2.75, 3.05) is 19.6 Å². The van der Waals surface area contributed by atoms with Crippen LogP contribution in [-0.4, -0.2) is 56.3 Å². The Balaban J connectivity index is 2.00. The number of benzene rings is 1. The number of carbonyl (C=O) groups excluding carboxylic acids is 2. The Bertz CT molecular complexity index is 882. The summed E-state index contributed by atoms with van der Waals surface area (Å²) >= 11 is 0. The third-order valence-electron chi connectivity index (χ3n) is 4.54. The lowest BCUT2D eigenvalue weighted by Gasteiger charge is -2.50. The van der Waals surface area contributed by atoms with Gasteiger partial charge in [-0.05, 0) is 53.5 Å². The summed E-state index contributed by atoms with van der Waals surface area (Å²) < 4.78 is 39.0. The van der Waals surface area contributed by atoms with Crippen LogP contribution in [0.25, 0.3) is 0 Å². The zero-order valence-electron chi connectivity index (χ0n) is 19.0. The maximum atomic E-state index is 12.4. The second-order valence-corrected chi connectivity index (χ2v) is 11.2. The Morgan fingerprint density at radius 3 is 2.06 bits per heavy atom. The number of amides is 2. The van der Waals surface area contributed by atoms with Crippen molar-refractivity contribution in [3.8, 4) is 0 Å². The van der Waals surface area contributed by atoms with E-state index in [2.05, 4.69) is 4.72 Å². The fraction of sp³-hybridized carbons (Fsp3) is 0.619. The van der Waals surface area contributed by atoms with Crippen LogP contribution >= 0.6 is 0 Å². The number of ether oxygens (including phenoxy) is 2. The SMILES string of the molecule is CC(C)(C)OC(=O)NS(=O)(=O)NCCC1(c2ccccc2)CN(C(=O)OC(C)(C)C)C1. The molecular weight excluding hydrogens is 422 g/mol. The van der Waals surface area contributed by atoms with Gasteiger partial charge in [-0.2, -0.15) is 13.1 Å². The molecule has 0 saturated carbocycles. The number of hydrogen-bond donors (Lipinski definition) is 2. The summed E-state index contributed by atoms with van der Waals surface area (Å²) in [5.41, 5.74) is -0.805. The monoisotopic (exact) mass is 455 g/mol. The van der Waals surface area contributed by atoms with E-state index in [0.29, 0.717) is 19.5 Å². The first-order valence-corrected chi connectivity index (χ1v) is 11.6. The summed E-state index contributed by atoms with van der Waals surface area (Å²) in [6.07, 6.45) is -1.00. The van der Waals surface area contributed by atoms with Gasteiger partial charge < -0.3 is 14.4 Å². The van der Waals surface area contributed by atoms with Crippen LogP contribution in [0.15, 0.2) is 30.3 Å². The molecule has 2 rings (SSSR count). The van der Waals surface area contributed by atoms with Gasteiger partial charge in [0.25, 0.3) is 0 Å². The number of hydrogen-bond acceptors (Lipinski definition) is 6. The molecule has 0 atom stereocenters. The second kappa shape index (κ2) is 9.04. The van der Waals surface area contributed by atoms with Crippen molar-refractivity contribution >= 4 is 22.4 Å². The topological polar surface area (TPSA) is 114 Å². The predicted octanol–water partition coefficient (Wildman–Crippen LogP) is 2.92. The Kier molecular flexibility index (Phi) is 7.27. The zero-order valence-corrected chi connectivity index (χ0v) is 19.8. The third kappa shape index (κ3) is 7.70. The molecule has 0 radical (unpaired) electrons. The normalized spacial score (nSPS) is 16.3. The maximum Gasteiger partial charge on any atom is 0.422 e. The van der Waals surface area contributed by atoms with E-state index in [1.54, 1.807) is 25.7 Å². The average Bonchev–Trinajstić information content (AvgIpc) is 2.53. The largest absolute Gasteiger partial charge is 0.444 e. The van der Waals surface area contributed by atoms with Gasteiger partial charge in [0.15, 0.2) is 0 Å². The Morgan fingerprint density at radius 2 is 1.55 bits per heavy atom. The maximum absolute atomic E-state index is 12.4. The number of carbonyl (C=O) groups is 2. The van der Waals surface area contributed by atoms with Crippen LogP contribution in [0.3, 0.4) is 0 Å². The number of likely N-dealkylation sites (tertiary alicyclic amines) is 1. The Morgan fingerprint density at radius 1 is 1.00 bits per heavy atom.